The highest BCUT2D eigenvalue weighted by Crippen LogP contribution is 2.20. The van der Waals surface area contributed by atoms with Crippen LogP contribution in [0.3, 0.4) is 0 Å². The molecule has 20 heavy (non-hydrogen) atoms. The van der Waals surface area contributed by atoms with Gasteiger partial charge in [-0.3, -0.25) is 4.79 Å². The zero-order valence-electron chi connectivity index (χ0n) is 12.6. The maximum atomic E-state index is 12.4. The molecule has 1 unspecified atom stereocenters. The number of rotatable bonds is 6. The molecule has 0 aliphatic carbocycles. The standard InChI is InChI=1S/C17H24N2O/c1-4-5-6-9-13(2)18-17(20)15-12-19(3)16-11-8-7-10-14(15)16/h7-8,10-13H,4-6,9H2,1-3H3,(H,18,20). The number of nitrogens with zero attached hydrogens (tertiary/aromatic N) is 1. The first-order chi connectivity index (χ1) is 9.63. The van der Waals surface area contributed by atoms with Crippen molar-refractivity contribution in [1.29, 1.82) is 0 Å². The minimum Gasteiger partial charge on any atom is -0.350 e. The van der Waals surface area contributed by atoms with E-state index in [1.807, 2.05) is 42.1 Å². The Morgan fingerprint density at radius 2 is 2.05 bits per heavy atom. The quantitative estimate of drug-likeness (QED) is 0.796. The average molecular weight is 272 g/mol. The van der Waals surface area contributed by atoms with Gasteiger partial charge >= 0.3 is 0 Å². The van der Waals surface area contributed by atoms with Gasteiger partial charge in [0.1, 0.15) is 0 Å². The summed E-state index contributed by atoms with van der Waals surface area (Å²) in [7, 11) is 1.98. The van der Waals surface area contributed by atoms with Gasteiger partial charge < -0.3 is 9.88 Å². The van der Waals surface area contributed by atoms with Crippen LogP contribution in [-0.2, 0) is 7.05 Å². The third-order valence-electron chi connectivity index (χ3n) is 3.76. The zero-order valence-corrected chi connectivity index (χ0v) is 12.6. The minimum absolute atomic E-state index is 0.0331. The van der Waals surface area contributed by atoms with E-state index in [0.29, 0.717) is 0 Å². The summed E-state index contributed by atoms with van der Waals surface area (Å²) >= 11 is 0. The maximum absolute atomic E-state index is 12.4. The molecule has 0 fully saturated rings. The number of hydrogen-bond acceptors (Lipinski definition) is 1. The topological polar surface area (TPSA) is 34.0 Å². The molecule has 0 spiro atoms. The van der Waals surface area contributed by atoms with Gasteiger partial charge in [0, 0.05) is 30.2 Å². The van der Waals surface area contributed by atoms with Crippen molar-refractivity contribution in [2.24, 2.45) is 7.05 Å². The summed E-state index contributed by atoms with van der Waals surface area (Å²) in [6, 6.07) is 8.25. The van der Waals surface area contributed by atoms with Crippen molar-refractivity contribution in [3.05, 3.63) is 36.0 Å². The van der Waals surface area contributed by atoms with Gasteiger partial charge in [0.25, 0.3) is 5.91 Å². The van der Waals surface area contributed by atoms with Crippen LogP contribution < -0.4 is 5.32 Å². The fourth-order valence-electron chi connectivity index (χ4n) is 2.60. The summed E-state index contributed by atoms with van der Waals surface area (Å²) < 4.78 is 2.01. The van der Waals surface area contributed by atoms with Gasteiger partial charge in [-0.15, -0.1) is 0 Å². The smallest absolute Gasteiger partial charge is 0.253 e. The van der Waals surface area contributed by atoms with Crippen LogP contribution in [0.15, 0.2) is 30.5 Å². The summed E-state index contributed by atoms with van der Waals surface area (Å²) in [6.07, 6.45) is 6.58. The molecule has 3 nitrogen and oxygen atoms in total. The van der Waals surface area contributed by atoms with Crippen LogP contribution in [0.5, 0.6) is 0 Å². The minimum atomic E-state index is 0.0331. The van der Waals surface area contributed by atoms with Crippen molar-refractivity contribution in [1.82, 2.24) is 9.88 Å². The van der Waals surface area contributed by atoms with Crippen LogP contribution in [-0.4, -0.2) is 16.5 Å². The number of para-hydroxylation sites is 1. The van der Waals surface area contributed by atoms with E-state index in [4.69, 9.17) is 0 Å². The van der Waals surface area contributed by atoms with E-state index in [1.165, 1.54) is 19.3 Å². The molecule has 0 aliphatic rings. The van der Waals surface area contributed by atoms with E-state index in [9.17, 15) is 4.79 Å². The molecule has 0 saturated carbocycles. The first-order valence-corrected chi connectivity index (χ1v) is 7.48. The van der Waals surface area contributed by atoms with E-state index in [1.54, 1.807) is 0 Å². The van der Waals surface area contributed by atoms with E-state index in [0.717, 1.165) is 22.9 Å². The Kier molecular flexibility index (Phi) is 4.83. The molecule has 0 bridgehead atoms. The number of aromatic nitrogens is 1. The second kappa shape index (κ2) is 6.60. The molecule has 1 heterocycles. The van der Waals surface area contributed by atoms with Gasteiger partial charge in [-0.1, -0.05) is 44.4 Å². The number of nitrogens with one attached hydrogen (secondary N) is 1. The molecule has 1 amide bonds. The Morgan fingerprint density at radius 1 is 1.30 bits per heavy atom. The van der Waals surface area contributed by atoms with Crippen LogP contribution in [0.1, 0.15) is 49.9 Å². The second-order valence-corrected chi connectivity index (χ2v) is 5.54. The van der Waals surface area contributed by atoms with Crippen molar-refractivity contribution in [2.45, 2.75) is 45.6 Å². The summed E-state index contributed by atoms with van der Waals surface area (Å²) in [4.78, 5) is 12.4. The second-order valence-electron chi connectivity index (χ2n) is 5.54. The number of unbranched alkanes of at least 4 members (excludes halogenated alkanes) is 2. The summed E-state index contributed by atoms with van der Waals surface area (Å²) in [5.74, 6) is 0.0331. The van der Waals surface area contributed by atoms with Gasteiger partial charge in [0.2, 0.25) is 0 Å². The highest BCUT2D eigenvalue weighted by atomic mass is 16.1. The van der Waals surface area contributed by atoms with E-state index < -0.39 is 0 Å². The molecular weight excluding hydrogens is 248 g/mol. The molecule has 1 atom stereocenters. The van der Waals surface area contributed by atoms with Crippen molar-refractivity contribution >= 4 is 16.8 Å². The van der Waals surface area contributed by atoms with Crippen molar-refractivity contribution in [2.75, 3.05) is 0 Å². The zero-order chi connectivity index (χ0) is 14.5. The summed E-state index contributed by atoms with van der Waals surface area (Å²) in [5.41, 5.74) is 1.86. The third kappa shape index (κ3) is 3.21. The van der Waals surface area contributed by atoms with Crippen LogP contribution in [0.2, 0.25) is 0 Å². The molecule has 3 heteroatoms. The summed E-state index contributed by atoms with van der Waals surface area (Å²) in [5, 5.41) is 4.13. The normalized spacial score (nSPS) is 12.6. The maximum Gasteiger partial charge on any atom is 0.253 e. The van der Waals surface area contributed by atoms with Crippen molar-refractivity contribution in [3.63, 3.8) is 0 Å². The molecule has 1 N–H and O–H groups in total. The monoisotopic (exact) mass is 272 g/mol. The van der Waals surface area contributed by atoms with E-state index in [2.05, 4.69) is 19.2 Å². The van der Waals surface area contributed by atoms with Crippen molar-refractivity contribution < 1.29 is 4.79 Å². The van der Waals surface area contributed by atoms with Crippen LogP contribution in [0.4, 0.5) is 0 Å². The molecule has 1 aromatic carbocycles. The molecule has 0 aliphatic heterocycles. The van der Waals surface area contributed by atoms with Gasteiger partial charge in [-0.25, -0.2) is 0 Å². The lowest BCUT2D eigenvalue weighted by molar-refractivity contribution is 0.0939. The molecule has 0 radical (unpaired) electrons. The Hall–Kier alpha value is -1.77. The predicted octanol–water partition coefficient (Wildman–Crippen LogP) is 3.88. The molecular formula is C17H24N2O. The number of carbonyl (C=O) groups excluding carboxylic acids is 1. The number of fused-ring (bicyclic) bond motifs is 1. The number of hydrogen-bond donors (Lipinski definition) is 1. The van der Waals surface area contributed by atoms with Gasteiger partial charge in [0.05, 0.1) is 5.56 Å². The number of benzene rings is 1. The highest BCUT2D eigenvalue weighted by molar-refractivity contribution is 6.07. The van der Waals surface area contributed by atoms with Crippen molar-refractivity contribution in [3.8, 4) is 0 Å². The van der Waals surface area contributed by atoms with E-state index in [-0.39, 0.29) is 11.9 Å². The molecule has 108 valence electrons. The van der Waals surface area contributed by atoms with Crippen LogP contribution in [0.25, 0.3) is 10.9 Å². The van der Waals surface area contributed by atoms with Crippen LogP contribution in [0, 0.1) is 0 Å². The van der Waals surface area contributed by atoms with Gasteiger partial charge in [0.15, 0.2) is 0 Å². The average Bonchev–Trinajstić information content (AvgIpc) is 2.77. The third-order valence-corrected chi connectivity index (χ3v) is 3.76. The number of carbonyl (C=O) groups is 1. The fraction of sp³-hybridized carbons (Fsp3) is 0.471. The molecule has 1 aromatic heterocycles. The molecule has 2 aromatic rings. The fourth-order valence-corrected chi connectivity index (χ4v) is 2.60. The lowest BCUT2D eigenvalue weighted by atomic mass is 10.1. The Bertz CT molecular complexity index is 586. The largest absolute Gasteiger partial charge is 0.350 e. The highest BCUT2D eigenvalue weighted by Gasteiger charge is 2.15. The Balaban J connectivity index is 2.08. The first kappa shape index (κ1) is 14.6. The molecule has 2 rings (SSSR count). The Morgan fingerprint density at radius 3 is 2.80 bits per heavy atom. The van der Waals surface area contributed by atoms with E-state index >= 15 is 0 Å². The lowest BCUT2D eigenvalue weighted by Crippen LogP contribution is -2.32. The Labute approximate surface area is 121 Å². The number of amides is 1. The van der Waals surface area contributed by atoms with Crippen LogP contribution >= 0.6 is 0 Å². The SMILES string of the molecule is CCCCCC(C)NC(=O)c1cn(C)c2ccccc12. The number of aryl methyl sites for hydroxylation is 1. The van der Waals surface area contributed by atoms with Gasteiger partial charge in [-0.2, -0.15) is 0 Å². The summed E-state index contributed by atoms with van der Waals surface area (Å²) in [6.45, 7) is 4.28. The lowest BCUT2D eigenvalue weighted by Gasteiger charge is -2.13. The predicted molar refractivity (Wildman–Crippen MR) is 84.0 cm³/mol. The molecule has 0 saturated heterocycles. The first-order valence-electron chi connectivity index (χ1n) is 7.48. The van der Waals surface area contributed by atoms with Gasteiger partial charge in [-0.05, 0) is 19.4 Å².